The molecule has 0 aromatic heterocycles. The summed E-state index contributed by atoms with van der Waals surface area (Å²) < 4.78 is 11.2. The summed E-state index contributed by atoms with van der Waals surface area (Å²) in [5, 5.41) is 0. The molecule has 158 valence electrons. The molecule has 0 N–H and O–H groups in total. The zero-order valence-electron chi connectivity index (χ0n) is 17.1. The quantitative estimate of drug-likeness (QED) is 0.195. The van der Waals surface area contributed by atoms with Crippen molar-refractivity contribution in [1.29, 1.82) is 0 Å². The lowest BCUT2D eigenvalue weighted by Crippen LogP contribution is -2.29. The van der Waals surface area contributed by atoms with Gasteiger partial charge in [0.2, 0.25) is 0 Å². The van der Waals surface area contributed by atoms with Crippen LogP contribution in [0.3, 0.4) is 0 Å². The highest BCUT2D eigenvalue weighted by Gasteiger charge is 2.31. The number of rotatable bonds is 12. The van der Waals surface area contributed by atoms with Crippen LogP contribution in [-0.2, 0) is 14.3 Å². The molecule has 1 aromatic rings. The third-order valence-electron chi connectivity index (χ3n) is 4.39. The molecule has 2 rings (SSSR count). The minimum absolute atomic E-state index is 0.0475. The molecule has 1 fully saturated rings. The van der Waals surface area contributed by atoms with E-state index in [4.69, 9.17) is 21.7 Å². The Morgan fingerprint density at radius 1 is 1.14 bits per heavy atom. The first-order valence-electron chi connectivity index (χ1n) is 10.2. The first-order valence-corrected chi connectivity index (χ1v) is 11.4. The molecule has 0 bridgehead atoms. The first-order chi connectivity index (χ1) is 14.0. The molecule has 1 saturated heterocycles. The molecular weight excluding hydrogens is 406 g/mol. The van der Waals surface area contributed by atoms with Gasteiger partial charge in [0.25, 0.3) is 5.91 Å². The van der Waals surface area contributed by atoms with Crippen molar-refractivity contribution >= 4 is 46.3 Å². The fourth-order valence-corrected chi connectivity index (χ4v) is 4.10. The van der Waals surface area contributed by atoms with Gasteiger partial charge in [0.05, 0.1) is 18.1 Å². The summed E-state index contributed by atoms with van der Waals surface area (Å²) >= 11 is 6.71. The van der Waals surface area contributed by atoms with E-state index >= 15 is 0 Å². The van der Waals surface area contributed by atoms with Crippen molar-refractivity contribution < 1.29 is 19.1 Å². The maximum absolute atomic E-state index is 12.7. The van der Waals surface area contributed by atoms with Crippen molar-refractivity contribution in [3.05, 3.63) is 34.7 Å². The highest BCUT2D eigenvalue weighted by Crippen LogP contribution is 2.33. The summed E-state index contributed by atoms with van der Waals surface area (Å²) in [4.78, 5) is 26.3. The van der Waals surface area contributed by atoms with Crippen molar-refractivity contribution in [2.75, 3.05) is 19.8 Å². The molecule has 0 radical (unpaired) electrons. The maximum atomic E-state index is 12.7. The summed E-state index contributed by atoms with van der Waals surface area (Å²) in [5.74, 6) is 0.627. The predicted molar refractivity (Wildman–Crippen MR) is 122 cm³/mol. The van der Waals surface area contributed by atoms with Gasteiger partial charge in [0.1, 0.15) is 10.1 Å². The number of thioether (sulfide) groups is 1. The zero-order valence-corrected chi connectivity index (χ0v) is 18.8. The van der Waals surface area contributed by atoms with E-state index in [2.05, 4.69) is 6.92 Å². The van der Waals surface area contributed by atoms with Crippen molar-refractivity contribution in [3.8, 4) is 5.75 Å². The smallest absolute Gasteiger partial charge is 0.305 e. The van der Waals surface area contributed by atoms with Gasteiger partial charge in [-0.3, -0.25) is 14.5 Å². The maximum Gasteiger partial charge on any atom is 0.305 e. The molecule has 29 heavy (non-hydrogen) atoms. The van der Waals surface area contributed by atoms with E-state index in [1.165, 1.54) is 11.8 Å². The van der Waals surface area contributed by atoms with Gasteiger partial charge in [0.15, 0.2) is 0 Å². The van der Waals surface area contributed by atoms with E-state index in [0.717, 1.165) is 43.4 Å². The second-order valence-corrected chi connectivity index (χ2v) is 8.40. The number of ether oxygens (including phenoxy) is 2. The van der Waals surface area contributed by atoms with Gasteiger partial charge in [-0.05, 0) is 50.0 Å². The second kappa shape index (κ2) is 12.6. The lowest BCUT2D eigenvalue weighted by atomic mass is 10.2. The third-order valence-corrected chi connectivity index (χ3v) is 5.76. The molecule has 1 heterocycles. The van der Waals surface area contributed by atoms with Gasteiger partial charge in [-0.25, -0.2) is 0 Å². The molecule has 1 aromatic carbocycles. The Morgan fingerprint density at radius 3 is 2.59 bits per heavy atom. The number of nitrogens with zero attached hydrogens (tertiary/aromatic N) is 1. The van der Waals surface area contributed by atoms with E-state index in [1.54, 1.807) is 11.8 Å². The van der Waals surface area contributed by atoms with Crippen LogP contribution < -0.4 is 4.74 Å². The minimum atomic E-state index is -0.164. The summed E-state index contributed by atoms with van der Waals surface area (Å²) in [5.41, 5.74) is 0.947. The fourth-order valence-electron chi connectivity index (χ4n) is 2.79. The topological polar surface area (TPSA) is 55.8 Å². The molecule has 0 saturated carbocycles. The molecule has 1 aliphatic heterocycles. The molecule has 1 aliphatic rings. The van der Waals surface area contributed by atoms with Gasteiger partial charge in [-0.1, -0.05) is 55.9 Å². The molecule has 5 nitrogen and oxygen atoms in total. The summed E-state index contributed by atoms with van der Waals surface area (Å²) in [6.45, 7) is 5.64. The van der Waals surface area contributed by atoms with Crippen molar-refractivity contribution in [3.63, 3.8) is 0 Å². The fraction of sp³-hybridized carbons (Fsp3) is 0.500. The van der Waals surface area contributed by atoms with Crippen LogP contribution in [-0.4, -0.2) is 40.9 Å². The van der Waals surface area contributed by atoms with Crippen LogP contribution in [0.25, 0.3) is 6.08 Å². The largest absolute Gasteiger partial charge is 0.494 e. The SMILES string of the molecule is CCCCOc1ccc(/C=C2\SC(=S)N(CCCCCC(=O)OCC)C2=O)cc1. The van der Waals surface area contributed by atoms with Crippen molar-refractivity contribution in [1.82, 2.24) is 4.90 Å². The summed E-state index contributed by atoms with van der Waals surface area (Å²) in [6.07, 6.45) is 6.85. The Morgan fingerprint density at radius 2 is 1.90 bits per heavy atom. The normalized spacial score (nSPS) is 15.2. The minimum Gasteiger partial charge on any atom is -0.494 e. The van der Waals surface area contributed by atoms with Crippen LogP contribution in [0.15, 0.2) is 29.2 Å². The molecule has 0 aliphatic carbocycles. The summed E-state index contributed by atoms with van der Waals surface area (Å²) in [6, 6.07) is 7.74. The molecule has 0 atom stereocenters. The highest BCUT2D eigenvalue weighted by molar-refractivity contribution is 8.26. The number of unbranched alkanes of at least 4 members (excludes halogenated alkanes) is 3. The van der Waals surface area contributed by atoms with Crippen LogP contribution in [0.4, 0.5) is 0 Å². The van der Waals surface area contributed by atoms with Crippen molar-refractivity contribution in [2.24, 2.45) is 0 Å². The number of esters is 1. The second-order valence-electron chi connectivity index (χ2n) is 6.72. The number of carbonyl (C=O) groups excluding carboxylic acids is 2. The number of hydrogen-bond acceptors (Lipinski definition) is 6. The Kier molecular flexibility index (Phi) is 10.2. The molecule has 7 heteroatoms. The van der Waals surface area contributed by atoms with Crippen LogP contribution in [0.1, 0.15) is 57.9 Å². The van der Waals surface area contributed by atoms with E-state index < -0.39 is 0 Å². The number of carbonyl (C=O) groups is 2. The number of thiocarbonyl (C=S) groups is 1. The standard InChI is InChI=1S/C22H29NO4S2/c1-3-5-15-27-18-12-10-17(11-13-18)16-19-21(25)23(22(28)29-19)14-8-6-7-9-20(24)26-4-2/h10-13,16H,3-9,14-15H2,1-2H3/b19-16-. The van der Waals surface area contributed by atoms with Crippen LogP contribution >= 0.6 is 24.0 Å². The highest BCUT2D eigenvalue weighted by atomic mass is 32.2. The van der Waals surface area contributed by atoms with E-state index in [9.17, 15) is 9.59 Å². The van der Waals surface area contributed by atoms with Crippen LogP contribution in [0.2, 0.25) is 0 Å². The van der Waals surface area contributed by atoms with E-state index in [0.29, 0.717) is 35.4 Å². The number of hydrogen-bond donors (Lipinski definition) is 0. The van der Waals surface area contributed by atoms with Gasteiger partial charge in [-0.2, -0.15) is 0 Å². The summed E-state index contributed by atoms with van der Waals surface area (Å²) in [7, 11) is 0. The lowest BCUT2D eigenvalue weighted by molar-refractivity contribution is -0.143. The average molecular weight is 436 g/mol. The van der Waals surface area contributed by atoms with E-state index in [-0.39, 0.29) is 11.9 Å². The monoisotopic (exact) mass is 435 g/mol. The van der Waals surface area contributed by atoms with Crippen LogP contribution in [0, 0.1) is 0 Å². The van der Waals surface area contributed by atoms with E-state index in [1.807, 2.05) is 30.3 Å². The van der Waals surface area contributed by atoms with Crippen LogP contribution in [0.5, 0.6) is 5.75 Å². The number of amides is 1. The van der Waals surface area contributed by atoms with Gasteiger partial charge >= 0.3 is 5.97 Å². The molecule has 0 unspecified atom stereocenters. The average Bonchev–Trinajstić information content (AvgIpc) is 2.96. The Bertz CT molecular complexity index is 731. The predicted octanol–water partition coefficient (Wildman–Crippen LogP) is 5.19. The van der Waals surface area contributed by atoms with Gasteiger partial charge in [-0.15, -0.1) is 0 Å². The zero-order chi connectivity index (χ0) is 21.1. The molecular formula is C22H29NO4S2. The Balaban J connectivity index is 1.82. The molecule has 1 amide bonds. The first kappa shape index (κ1) is 23.4. The lowest BCUT2D eigenvalue weighted by Gasteiger charge is -2.13. The third kappa shape index (κ3) is 7.82. The molecule has 0 spiro atoms. The Hall–Kier alpha value is -1.86. The van der Waals surface area contributed by atoms with Gasteiger partial charge < -0.3 is 9.47 Å². The Labute approximate surface area is 182 Å². The van der Waals surface area contributed by atoms with Crippen molar-refractivity contribution in [2.45, 2.75) is 52.4 Å². The number of benzene rings is 1. The van der Waals surface area contributed by atoms with Gasteiger partial charge in [0, 0.05) is 13.0 Å².